The zero-order valence-electron chi connectivity index (χ0n) is 11.5. The standard InChI is InChI=1S/C15H16O6/c1-20-14(18)8-7-12(16)9-13(17)10-21-15(19)11-5-3-2-4-6-11/h2-8,13,17H,9-10H2,1H3/b8-7+/t13-/m0/s1. The van der Waals surface area contributed by atoms with Crippen LogP contribution in [0.15, 0.2) is 42.5 Å². The van der Waals surface area contributed by atoms with Crippen molar-refractivity contribution in [2.45, 2.75) is 12.5 Å². The second kappa shape index (κ2) is 8.65. The van der Waals surface area contributed by atoms with Crippen LogP contribution in [-0.4, -0.2) is 42.6 Å². The van der Waals surface area contributed by atoms with Gasteiger partial charge in [0.1, 0.15) is 6.61 Å². The summed E-state index contributed by atoms with van der Waals surface area (Å²) in [7, 11) is 1.19. The highest BCUT2D eigenvalue weighted by molar-refractivity contribution is 5.96. The minimum Gasteiger partial charge on any atom is -0.466 e. The lowest BCUT2D eigenvalue weighted by Gasteiger charge is -2.09. The summed E-state index contributed by atoms with van der Waals surface area (Å²) in [6.07, 6.45) is 0.585. The third-order valence-corrected chi connectivity index (χ3v) is 2.46. The fourth-order valence-corrected chi connectivity index (χ4v) is 1.42. The summed E-state index contributed by atoms with van der Waals surface area (Å²) in [5.41, 5.74) is 0.363. The van der Waals surface area contributed by atoms with E-state index in [1.54, 1.807) is 30.3 Å². The molecule has 0 radical (unpaired) electrons. The molecule has 0 aliphatic carbocycles. The summed E-state index contributed by atoms with van der Waals surface area (Å²) in [6, 6.07) is 8.30. The predicted molar refractivity (Wildman–Crippen MR) is 73.5 cm³/mol. The number of hydrogen-bond acceptors (Lipinski definition) is 6. The van der Waals surface area contributed by atoms with Crippen LogP contribution in [0.5, 0.6) is 0 Å². The molecule has 0 spiro atoms. The Labute approximate surface area is 122 Å². The third-order valence-electron chi connectivity index (χ3n) is 2.46. The van der Waals surface area contributed by atoms with Crippen LogP contribution >= 0.6 is 0 Å². The Balaban J connectivity index is 2.35. The predicted octanol–water partition coefficient (Wildman–Crippen LogP) is 0.893. The van der Waals surface area contributed by atoms with Crippen molar-refractivity contribution in [1.29, 1.82) is 0 Å². The van der Waals surface area contributed by atoms with E-state index in [9.17, 15) is 19.5 Å². The summed E-state index contributed by atoms with van der Waals surface area (Å²) in [5.74, 6) is -1.70. The van der Waals surface area contributed by atoms with E-state index in [1.165, 1.54) is 7.11 Å². The van der Waals surface area contributed by atoms with Gasteiger partial charge in [-0.3, -0.25) is 4.79 Å². The van der Waals surface area contributed by atoms with E-state index < -0.39 is 23.8 Å². The molecule has 112 valence electrons. The molecule has 0 saturated heterocycles. The molecule has 0 fully saturated rings. The van der Waals surface area contributed by atoms with Crippen molar-refractivity contribution in [3.63, 3.8) is 0 Å². The maximum absolute atomic E-state index is 11.6. The molecule has 0 amide bonds. The van der Waals surface area contributed by atoms with Gasteiger partial charge in [-0.2, -0.15) is 0 Å². The Morgan fingerprint density at radius 1 is 1.19 bits per heavy atom. The molecule has 6 nitrogen and oxygen atoms in total. The number of allylic oxidation sites excluding steroid dienone is 1. The molecule has 0 bridgehead atoms. The first-order valence-electron chi connectivity index (χ1n) is 6.22. The Bertz CT molecular complexity index is 520. The van der Waals surface area contributed by atoms with E-state index in [0.717, 1.165) is 12.2 Å². The van der Waals surface area contributed by atoms with Crippen LogP contribution in [-0.2, 0) is 19.1 Å². The number of hydrogen-bond donors (Lipinski definition) is 1. The molecular weight excluding hydrogens is 276 g/mol. The number of aliphatic hydroxyl groups is 1. The molecule has 0 unspecified atom stereocenters. The SMILES string of the molecule is COC(=O)/C=C/C(=O)C[C@H](O)COC(=O)c1ccccc1. The normalized spacial score (nSPS) is 11.9. The Kier molecular flexibility index (Phi) is 6.83. The molecule has 1 rings (SSSR count). The highest BCUT2D eigenvalue weighted by atomic mass is 16.5. The van der Waals surface area contributed by atoms with E-state index >= 15 is 0 Å². The summed E-state index contributed by atoms with van der Waals surface area (Å²) >= 11 is 0. The van der Waals surface area contributed by atoms with E-state index in [-0.39, 0.29) is 13.0 Å². The molecule has 6 heteroatoms. The Hall–Kier alpha value is -2.47. The molecule has 0 aliphatic heterocycles. The van der Waals surface area contributed by atoms with Gasteiger partial charge in [0.25, 0.3) is 0 Å². The minimum absolute atomic E-state index is 0.254. The number of carbonyl (C=O) groups is 3. The number of rotatable bonds is 7. The highest BCUT2D eigenvalue weighted by Gasteiger charge is 2.13. The maximum Gasteiger partial charge on any atom is 0.338 e. The summed E-state index contributed by atoms with van der Waals surface area (Å²) in [6.45, 7) is -0.300. The average Bonchev–Trinajstić information content (AvgIpc) is 2.51. The van der Waals surface area contributed by atoms with Gasteiger partial charge in [0.2, 0.25) is 0 Å². The van der Waals surface area contributed by atoms with E-state index in [4.69, 9.17) is 4.74 Å². The van der Waals surface area contributed by atoms with Crippen molar-refractivity contribution in [3.05, 3.63) is 48.0 Å². The van der Waals surface area contributed by atoms with Gasteiger partial charge in [-0.15, -0.1) is 0 Å². The lowest BCUT2D eigenvalue weighted by Crippen LogP contribution is -2.21. The Morgan fingerprint density at radius 2 is 1.86 bits per heavy atom. The fraction of sp³-hybridized carbons (Fsp3) is 0.267. The number of esters is 2. The van der Waals surface area contributed by atoms with Crippen LogP contribution in [0.2, 0.25) is 0 Å². The first-order chi connectivity index (χ1) is 10.0. The van der Waals surface area contributed by atoms with Gasteiger partial charge in [-0.25, -0.2) is 9.59 Å². The van der Waals surface area contributed by atoms with Gasteiger partial charge in [-0.1, -0.05) is 18.2 Å². The van der Waals surface area contributed by atoms with Gasteiger partial charge in [0.05, 0.1) is 18.8 Å². The van der Waals surface area contributed by atoms with Gasteiger partial charge in [0.15, 0.2) is 5.78 Å². The minimum atomic E-state index is -1.13. The first kappa shape index (κ1) is 16.6. The maximum atomic E-state index is 11.6. The number of ketones is 1. The lowest BCUT2D eigenvalue weighted by molar-refractivity contribution is -0.135. The van der Waals surface area contributed by atoms with Gasteiger partial charge in [0, 0.05) is 12.5 Å². The largest absolute Gasteiger partial charge is 0.466 e. The number of carbonyl (C=O) groups excluding carboxylic acids is 3. The third kappa shape index (κ3) is 6.49. The zero-order valence-corrected chi connectivity index (χ0v) is 11.5. The summed E-state index contributed by atoms with van der Waals surface area (Å²) in [5, 5.41) is 9.59. The molecular formula is C15H16O6. The van der Waals surface area contributed by atoms with Crippen LogP contribution in [0, 0.1) is 0 Å². The number of ether oxygens (including phenoxy) is 2. The van der Waals surface area contributed by atoms with Crippen molar-refractivity contribution in [3.8, 4) is 0 Å². The fourth-order valence-electron chi connectivity index (χ4n) is 1.42. The van der Waals surface area contributed by atoms with Crippen LogP contribution in [0.3, 0.4) is 0 Å². The molecule has 0 aliphatic rings. The molecule has 1 aromatic carbocycles. The van der Waals surface area contributed by atoms with E-state index in [0.29, 0.717) is 5.56 Å². The molecule has 0 heterocycles. The van der Waals surface area contributed by atoms with Crippen molar-refractivity contribution < 1.29 is 29.0 Å². The number of aliphatic hydroxyl groups excluding tert-OH is 1. The lowest BCUT2D eigenvalue weighted by atomic mass is 10.2. The molecule has 0 saturated carbocycles. The summed E-state index contributed by atoms with van der Waals surface area (Å²) in [4.78, 5) is 33.8. The van der Waals surface area contributed by atoms with Crippen LogP contribution in [0.25, 0.3) is 0 Å². The number of methoxy groups -OCH3 is 1. The van der Waals surface area contributed by atoms with Crippen molar-refractivity contribution in [1.82, 2.24) is 0 Å². The van der Waals surface area contributed by atoms with Gasteiger partial charge in [-0.05, 0) is 18.2 Å². The second-order valence-corrected chi connectivity index (χ2v) is 4.15. The van der Waals surface area contributed by atoms with Gasteiger partial charge >= 0.3 is 11.9 Å². The van der Waals surface area contributed by atoms with Gasteiger partial charge < -0.3 is 14.6 Å². The smallest absolute Gasteiger partial charge is 0.338 e. The van der Waals surface area contributed by atoms with Crippen LogP contribution in [0.1, 0.15) is 16.8 Å². The van der Waals surface area contributed by atoms with E-state index in [2.05, 4.69) is 4.74 Å². The molecule has 0 aromatic heterocycles. The molecule has 1 N–H and O–H groups in total. The van der Waals surface area contributed by atoms with E-state index in [1.807, 2.05) is 0 Å². The van der Waals surface area contributed by atoms with Crippen LogP contribution < -0.4 is 0 Å². The Morgan fingerprint density at radius 3 is 2.48 bits per heavy atom. The van der Waals surface area contributed by atoms with Crippen molar-refractivity contribution in [2.75, 3.05) is 13.7 Å². The highest BCUT2D eigenvalue weighted by Crippen LogP contribution is 2.03. The number of benzene rings is 1. The monoisotopic (exact) mass is 292 g/mol. The zero-order chi connectivity index (χ0) is 15.7. The molecule has 1 aromatic rings. The second-order valence-electron chi connectivity index (χ2n) is 4.15. The first-order valence-corrected chi connectivity index (χ1v) is 6.22. The van der Waals surface area contributed by atoms with Crippen LogP contribution in [0.4, 0.5) is 0 Å². The quantitative estimate of drug-likeness (QED) is 0.593. The summed E-state index contributed by atoms with van der Waals surface area (Å²) < 4.78 is 9.20. The van der Waals surface area contributed by atoms with Crippen molar-refractivity contribution >= 4 is 17.7 Å². The molecule has 21 heavy (non-hydrogen) atoms. The van der Waals surface area contributed by atoms with Crippen molar-refractivity contribution in [2.24, 2.45) is 0 Å². The average molecular weight is 292 g/mol. The molecule has 1 atom stereocenters. The topological polar surface area (TPSA) is 89.9 Å².